The Balaban J connectivity index is 1.73. The van der Waals surface area contributed by atoms with E-state index in [2.05, 4.69) is 15.9 Å². The van der Waals surface area contributed by atoms with Crippen LogP contribution < -0.4 is 4.31 Å². The second-order valence-corrected chi connectivity index (χ2v) is 9.56. The van der Waals surface area contributed by atoms with Gasteiger partial charge in [0.25, 0.3) is 10.0 Å². The van der Waals surface area contributed by atoms with Gasteiger partial charge >= 0.3 is 0 Å². The number of rotatable bonds is 5. The summed E-state index contributed by atoms with van der Waals surface area (Å²) in [7, 11) is -3.78. The Morgan fingerprint density at radius 2 is 1.57 bits per heavy atom. The van der Waals surface area contributed by atoms with Crippen molar-refractivity contribution in [3.05, 3.63) is 95.6 Å². The van der Waals surface area contributed by atoms with E-state index in [0.717, 1.165) is 16.7 Å². The van der Waals surface area contributed by atoms with Gasteiger partial charge < -0.3 is 4.74 Å². The van der Waals surface area contributed by atoms with Gasteiger partial charge in [0.05, 0.1) is 22.0 Å². The summed E-state index contributed by atoms with van der Waals surface area (Å²) in [6.07, 6.45) is -0.677. The molecule has 1 aliphatic heterocycles. The summed E-state index contributed by atoms with van der Waals surface area (Å²) < 4.78 is 34.5. The smallest absolute Gasteiger partial charge is 0.266 e. The Hall–Kier alpha value is -2.15. The lowest BCUT2D eigenvalue weighted by Crippen LogP contribution is -2.40. The van der Waals surface area contributed by atoms with Crippen molar-refractivity contribution >= 4 is 31.6 Å². The summed E-state index contributed by atoms with van der Waals surface area (Å²) in [6.45, 7) is 2.25. The minimum atomic E-state index is -3.78. The zero-order chi connectivity index (χ0) is 19.7. The Kier molecular flexibility index (Phi) is 5.27. The van der Waals surface area contributed by atoms with E-state index in [1.807, 2.05) is 61.5 Å². The number of halogens is 1. The molecule has 4 nitrogen and oxygen atoms in total. The quantitative estimate of drug-likeness (QED) is 0.495. The van der Waals surface area contributed by atoms with E-state index < -0.39 is 16.3 Å². The lowest BCUT2D eigenvalue weighted by molar-refractivity contribution is 0.0534. The number of nitrogens with zero attached hydrogens (tertiary/aromatic N) is 1. The first-order valence-electron chi connectivity index (χ1n) is 8.98. The van der Waals surface area contributed by atoms with Gasteiger partial charge in [-0.25, -0.2) is 12.7 Å². The van der Waals surface area contributed by atoms with Crippen LogP contribution in [-0.4, -0.2) is 14.6 Å². The van der Waals surface area contributed by atoms with Crippen molar-refractivity contribution < 1.29 is 13.2 Å². The average Bonchev–Trinajstić information content (AvgIpc) is 3.00. The summed E-state index contributed by atoms with van der Waals surface area (Å²) in [6, 6.07) is 24.1. The first-order valence-corrected chi connectivity index (χ1v) is 11.3. The lowest BCUT2D eigenvalue weighted by Gasteiger charge is -2.28. The number of benzene rings is 3. The van der Waals surface area contributed by atoms with E-state index >= 15 is 0 Å². The summed E-state index contributed by atoms with van der Waals surface area (Å²) in [4.78, 5) is -0.00421. The molecule has 0 saturated heterocycles. The maximum Gasteiger partial charge on any atom is 0.266 e. The van der Waals surface area contributed by atoms with Crippen molar-refractivity contribution in [2.24, 2.45) is 0 Å². The number of ether oxygens (including phenoxy) is 1. The van der Waals surface area contributed by atoms with Gasteiger partial charge in [0.1, 0.15) is 0 Å². The monoisotopic (exact) mass is 457 g/mol. The fourth-order valence-corrected chi connectivity index (χ4v) is 5.85. The molecular weight excluding hydrogens is 438 g/mol. The Morgan fingerprint density at radius 1 is 0.929 bits per heavy atom. The predicted molar refractivity (Wildman–Crippen MR) is 114 cm³/mol. The van der Waals surface area contributed by atoms with Crippen LogP contribution in [0.15, 0.2) is 83.8 Å². The number of alkyl halides is 1. The molecular formula is C22H20BrNO3S. The largest absolute Gasteiger partial charge is 0.351 e. The number of hydrogen-bond acceptors (Lipinski definition) is 3. The molecule has 0 fully saturated rings. The van der Waals surface area contributed by atoms with Gasteiger partial charge in [0.15, 0.2) is 6.23 Å². The number of sulfonamides is 1. The zero-order valence-corrected chi connectivity index (χ0v) is 17.7. The van der Waals surface area contributed by atoms with Crippen LogP contribution in [-0.2, 0) is 21.4 Å². The van der Waals surface area contributed by atoms with Crippen LogP contribution >= 0.6 is 15.9 Å². The SMILES string of the molecule is Cc1ccc(S(=O)(=O)N2c3ccccc3[C@@H](Br)[C@@H]2OCc2ccccc2)cc1. The van der Waals surface area contributed by atoms with Crippen LogP contribution in [0.1, 0.15) is 21.5 Å². The summed E-state index contributed by atoms with van der Waals surface area (Å²) >= 11 is 3.66. The van der Waals surface area contributed by atoms with Crippen LogP contribution in [0, 0.1) is 6.92 Å². The number of fused-ring (bicyclic) bond motifs is 1. The Labute approximate surface area is 174 Å². The summed E-state index contributed by atoms with van der Waals surface area (Å²) in [5.74, 6) is 0. The highest BCUT2D eigenvalue weighted by Gasteiger charge is 2.44. The van der Waals surface area contributed by atoms with Gasteiger partial charge in [-0.1, -0.05) is 82.2 Å². The zero-order valence-electron chi connectivity index (χ0n) is 15.3. The van der Waals surface area contributed by atoms with Gasteiger partial charge in [-0.05, 0) is 36.2 Å². The standard InChI is InChI=1S/C22H20BrNO3S/c1-16-11-13-18(14-12-16)28(25,26)24-20-10-6-5-9-19(20)21(23)22(24)27-15-17-7-3-2-4-8-17/h2-14,21-22H,15H2,1H3/t21-,22+/m1/s1. The molecule has 0 aliphatic carbocycles. The number of aryl methyl sites for hydroxylation is 1. The molecule has 0 radical (unpaired) electrons. The van der Waals surface area contributed by atoms with Crippen molar-refractivity contribution in [1.29, 1.82) is 0 Å². The molecule has 0 spiro atoms. The molecule has 1 aliphatic rings. The van der Waals surface area contributed by atoms with Gasteiger partial charge in [-0.15, -0.1) is 0 Å². The van der Waals surface area contributed by atoms with E-state index in [1.165, 1.54) is 4.31 Å². The van der Waals surface area contributed by atoms with Crippen molar-refractivity contribution in [2.45, 2.75) is 29.5 Å². The van der Waals surface area contributed by atoms with Crippen molar-refractivity contribution in [3.63, 3.8) is 0 Å². The molecule has 0 bridgehead atoms. The maximum absolute atomic E-state index is 13.5. The van der Waals surface area contributed by atoms with E-state index in [1.54, 1.807) is 24.3 Å². The second kappa shape index (κ2) is 7.70. The molecule has 0 saturated carbocycles. The third-order valence-corrected chi connectivity index (χ3v) is 7.53. The molecule has 144 valence electrons. The number of anilines is 1. The second-order valence-electron chi connectivity index (χ2n) is 6.76. The number of para-hydroxylation sites is 1. The van der Waals surface area contributed by atoms with Gasteiger partial charge in [-0.3, -0.25) is 0 Å². The van der Waals surface area contributed by atoms with Gasteiger partial charge in [-0.2, -0.15) is 0 Å². The molecule has 0 unspecified atom stereocenters. The van der Waals surface area contributed by atoms with Crippen LogP contribution in [0.4, 0.5) is 5.69 Å². The van der Waals surface area contributed by atoms with E-state index in [9.17, 15) is 8.42 Å². The molecule has 28 heavy (non-hydrogen) atoms. The Morgan fingerprint density at radius 3 is 2.29 bits per heavy atom. The minimum absolute atomic E-state index is 0.253. The molecule has 0 aromatic heterocycles. The van der Waals surface area contributed by atoms with Crippen LogP contribution in [0.5, 0.6) is 0 Å². The molecule has 0 N–H and O–H groups in total. The highest BCUT2D eigenvalue weighted by Crippen LogP contribution is 2.47. The third kappa shape index (κ3) is 3.48. The molecule has 1 heterocycles. The van der Waals surface area contributed by atoms with Crippen molar-refractivity contribution in [3.8, 4) is 0 Å². The lowest BCUT2D eigenvalue weighted by atomic mass is 10.2. The molecule has 4 rings (SSSR count). The topological polar surface area (TPSA) is 46.6 Å². The van der Waals surface area contributed by atoms with Crippen molar-refractivity contribution in [1.82, 2.24) is 0 Å². The highest BCUT2D eigenvalue weighted by molar-refractivity contribution is 9.09. The van der Waals surface area contributed by atoms with Crippen LogP contribution in [0.3, 0.4) is 0 Å². The minimum Gasteiger partial charge on any atom is -0.351 e. The molecule has 2 atom stereocenters. The molecule has 6 heteroatoms. The van der Waals surface area contributed by atoms with E-state index in [-0.39, 0.29) is 9.72 Å². The summed E-state index contributed by atoms with van der Waals surface area (Å²) in [5, 5.41) is 0. The van der Waals surface area contributed by atoms with Crippen LogP contribution in [0.2, 0.25) is 0 Å². The van der Waals surface area contributed by atoms with Gasteiger partial charge in [0, 0.05) is 0 Å². The molecule has 0 amide bonds. The van der Waals surface area contributed by atoms with Crippen LogP contribution in [0.25, 0.3) is 0 Å². The first kappa shape index (κ1) is 19.2. The fraction of sp³-hybridized carbons (Fsp3) is 0.182. The molecule has 3 aromatic rings. The normalized spacial score (nSPS) is 18.9. The third-order valence-electron chi connectivity index (χ3n) is 4.79. The van der Waals surface area contributed by atoms with Crippen molar-refractivity contribution in [2.75, 3.05) is 4.31 Å². The Bertz CT molecular complexity index is 1070. The van der Waals surface area contributed by atoms with E-state index in [0.29, 0.717) is 12.3 Å². The highest BCUT2D eigenvalue weighted by atomic mass is 79.9. The van der Waals surface area contributed by atoms with Gasteiger partial charge in [0.2, 0.25) is 0 Å². The molecule has 3 aromatic carbocycles. The number of hydrogen-bond donors (Lipinski definition) is 0. The summed E-state index contributed by atoms with van der Waals surface area (Å²) in [5.41, 5.74) is 3.54. The fourth-order valence-electron chi connectivity index (χ4n) is 3.33. The predicted octanol–water partition coefficient (Wildman–Crippen LogP) is 5.18. The van der Waals surface area contributed by atoms with E-state index in [4.69, 9.17) is 4.74 Å². The maximum atomic E-state index is 13.5. The average molecular weight is 458 g/mol. The first-order chi connectivity index (χ1) is 13.5.